The first-order valence-corrected chi connectivity index (χ1v) is 14.2. The lowest BCUT2D eigenvalue weighted by Crippen LogP contribution is -2.27. The van der Waals surface area contributed by atoms with E-state index in [2.05, 4.69) is 17.6 Å². The molecule has 1 amide bonds. The Morgan fingerprint density at radius 3 is 2.59 bits per heavy atom. The van der Waals surface area contributed by atoms with Gasteiger partial charge >= 0.3 is 5.97 Å². The Kier molecular flexibility index (Phi) is 6.71. The van der Waals surface area contributed by atoms with Crippen LogP contribution in [0.4, 0.5) is 5.69 Å². The van der Waals surface area contributed by atoms with Gasteiger partial charge in [-0.2, -0.15) is 0 Å². The van der Waals surface area contributed by atoms with Crippen molar-refractivity contribution < 1.29 is 14.7 Å². The highest BCUT2D eigenvalue weighted by Gasteiger charge is 2.42. The van der Waals surface area contributed by atoms with E-state index in [0.29, 0.717) is 22.6 Å². The van der Waals surface area contributed by atoms with E-state index in [-0.39, 0.29) is 11.8 Å². The minimum atomic E-state index is -0.946. The minimum Gasteiger partial charge on any atom is -0.478 e. The average Bonchev–Trinajstić information content (AvgIpc) is 3.48. The maximum atomic E-state index is 13.4. The highest BCUT2D eigenvalue weighted by atomic mass is 16.4. The number of fused-ring (bicyclic) bond motifs is 2. The normalized spacial score (nSPS) is 19.0. The van der Waals surface area contributed by atoms with E-state index < -0.39 is 5.97 Å². The van der Waals surface area contributed by atoms with Crippen molar-refractivity contribution >= 4 is 28.6 Å². The van der Waals surface area contributed by atoms with Gasteiger partial charge in [-0.15, -0.1) is 0 Å². The summed E-state index contributed by atoms with van der Waals surface area (Å²) in [5.74, 6) is 0.798. The van der Waals surface area contributed by atoms with E-state index >= 15 is 0 Å². The molecule has 2 atom stereocenters. The van der Waals surface area contributed by atoms with E-state index in [1.54, 1.807) is 0 Å². The lowest BCUT2D eigenvalue weighted by atomic mass is 9.81. The van der Waals surface area contributed by atoms with Gasteiger partial charge in [0.15, 0.2) is 0 Å². The number of imidazole rings is 1. The third-order valence-corrected chi connectivity index (χ3v) is 8.66. The zero-order valence-electron chi connectivity index (χ0n) is 22.7. The van der Waals surface area contributed by atoms with Gasteiger partial charge in [0.2, 0.25) is 5.91 Å². The number of anilines is 1. The van der Waals surface area contributed by atoms with Crippen LogP contribution in [0, 0.1) is 18.8 Å². The molecule has 6 heteroatoms. The van der Waals surface area contributed by atoms with E-state index in [1.165, 1.54) is 6.42 Å². The van der Waals surface area contributed by atoms with Crippen molar-refractivity contribution in [3.8, 4) is 16.8 Å². The van der Waals surface area contributed by atoms with Crippen LogP contribution < -0.4 is 4.90 Å². The van der Waals surface area contributed by atoms with Gasteiger partial charge in [0.25, 0.3) is 0 Å². The standard InChI is InChI=1S/C33H35N3O3/c1-3-4-14-30-34-27-17-15-24(35-20-23-12-8-9-13-26(23)32(35)37)19-29(27)36(30)28-18-16-25(22-10-6-5-7-11-22)31(21(28)2)33(38)39/h5-7,10-11,15-19,23,26H,3-4,8-9,12-14,20H2,1-2H3,(H,38,39). The van der Waals surface area contributed by atoms with Crippen molar-refractivity contribution in [3.63, 3.8) is 0 Å². The molecule has 200 valence electrons. The Bertz CT molecular complexity index is 1560. The number of carboxylic acid groups (broad SMARTS) is 1. The number of benzene rings is 3. The number of carboxylic acids is 1. The molecule has 1 aromatic heterocycles. The maximum Gasteiger partial charge on any atom is 0.336 e. The van der Waals surface area contributed by atoms with Gasteiger partial charge < -0.3 is 10.0 Å². The Morgan fingerprint density at radius 1 is 1.05 bits per heavy atom. The number of nitrogens with zero attached hydrogens (tertiary/aromatic N) is 3. The van der Waals surface area contributed by atoms with Crippen LogP contribution in [0.25, 0.3) is 27.8 Å². The molecule has 1 N–H and O–H groups in total. The predicted octanol–water partition coefficient (Wildman–Crippen LogP) is 7.19. The summed E-state index contributed by atoms with van der Waals surface area (Å²) >= 11 is 0. The predicted molar refractivity (Wildman–Crippen MR) is 155 cm³/mol. The highest BCUT2D eigenvalue weighted by Crippen LogP contribution is 2.40. The number of hydrogen-bond acceptors (Lipinski definition) is 3. The van der Waals surface area contributed by atoms with Gasteiger partial charge in [0.05, 0.1) is 22.3 Å². The molecule has 6 nitrogen and oxygen atoms in total. The number of aryl methyl sites for hydroxylation is 1. The van der Waals surface area contributed by atoms with Crippen LogP contribution in [0.2, 0.25) is 0 Å². The zero-order valence-corrected chi connectivity index (χ0v) is 22.7. The molecule has 2 heterocycles. The van der Waals surface area contributed by atoms with Crippen molar-refractivity contribution in [2.24, 2.45) is 11.8 Å². The van der Waals surface area contributed by atoms with Crippen LogP contribution in [0.3, 0.4) is 0 Å². The average molecular weight is 522 g/mol. The summed E-state index contributed by atoms with van der Waals surface area (Å²) < 4.78 is 2.12. The molecular weight excluding hydrogens is 486 g/mol. The molecule has 2 fully saturated rings. The van der Waals surface area contributed by atoms with E-state index in [1.807, 2.05) is 66.4 Å². The summed E-state index contributed by atoms with van der Waals surface area (Å²) in [5.41, 5.74) is 6.08. The van der Waals surface area contributed by atoms with Gasteiger partial charge in [0, 0.05) is 24.6 Å². The third-order valence-electron chi connectivity index (χ3n) is 8.66. The first kappa shape index (κ1) is 25.4. The van der Waals surface area contributed by atoms with Crippen LogP contribution in [0.5, 0.6) is 0 Å². The van der Waals surface area contributed by atoms with Crippen LogP contribution in [-0.4, -0.2) is 33.1 Å². The van der Waals surface area contributed by atoms with Gasteiger partial charge in [-0.25, -0.2) is 9.78 Å². The van der Waals surface area contributed by atoms with E-state index in [0.717, 1.165) is 78.9 Å². The monoisotopic (exact) mass is 521 g/mol. The smallest absolute Gasteiger partial charge is 0.336 e. The molecule has 39 heavy (non-hydrogen) atoms. The van der Waals surface area contributed by atoms with Crippen molar-refractivity contribution in [1.82, 2.24) is 9.55 Å². The molecule has 1 saturated carbocycles. The Morgan fingerprint density at radius 2 is 1.85 bits per heavy atom. The molecule has 0 radical (unpaired) electrons. The molecule has 2 aliphatic rings. The number of rotatable bonds is 7. The first-order valence-electron chi connectivity index (χ1n) is 14.2. The number of hydrogen-bond donors (Lipinski definition) is 1. The quantitative estimate of drug-likeness (QED) is 0.279. The highest BCUT2D eigenvalue weighted by molar-refractivity contribution is 6.00. The Hall–Kier alpha value is -3.93. The summed E-state index contributed by atoms with van der Waals surface area (Å²) in [7, 11) is 0. The van der Waals surface area contributed by atoms with Crippen LogP contribution in [0.1, 0.15) is 67.2 Å². The number of unbranched alkanes of at least 4 members (excludes halogenated alkanes) is 1. The fourth-order valence-electron chi connectivity index (χ4n) is 6.64. The first-order chi connectivity index (χ1) is 19.0. The van der Waals surface area contributed by atoms with Crippen LogP contribution in [0.15, 0.2) is 60.7 Å². The lowest BCUT2D eigenvalue weighted by Gasteiger charge is -2.21. The molecule has 1 aliphatic carbocycles. The molecule has 0 spiro atoms. The fourth-order valence-corrected chi connectivity index (χ4v) is 6.64. The van der Waals surface area contributed by atoms with Gasteiger partial charge in [-0.05, 0) is 73.1 Å². The largest absolute Gasteiger partial charge is 0.478 e. The lowest BCUT2D eigenvalue weighted by molar-refractivity contribution is -0.121. The second-order valence-corrected chi connectivity index (χ2v) is 11.0. The summed E-state index contributed by atoms with van der Waals surface area (Å²) in [6.07, 6.45) is 7.26. The number of aromatic nitrogens is 2. The van der Waals surface area contributed by atoms with Gasteiger partial charge in [-0.1, -0.05) is 62.6 Å². The molecule has 2 unspecified atom stereocenters. The summed E-state index contributed by atoms with van der Waals surface area (Å²) in [5, 5.41) is 10.3. The molecule has 3 aromatic carbocycles. The fraction of sp³-hybridized carbons (Fsp3) is 0.364. The number of aromatic carboxylic acids is 1. The molecule has 1 saturated heterocycles. The molecule has 0 bridgehead atoms. The molecule has 4 aromatic rings. The second kappa shape index (κ2) is 10.3. The van der Waals surface area contributed by atoms with Gasteiger partial charge in [-0.3, -0.25) is 9.36 Å². The minimum absolute atomic E-state index is 0.144. The van der Waals surface area contributed by atoms with Crippen molar-refractivity contribution in [3.05, 3.63) is 77.6 Å². The number of carbonyl (C=O) groups excluding carboxylic acids is 1. The summed E-state index contributed by atoms with van der Waals surface area (Å²) in [6, 6.07) is 19.7. The number of amides is 1. The molecular formula is C33H35N3O3. The van der Waals surface area contributed by atoms with Crippen LogP contribution in [-0.2, 0) is 11.2 Å². The van der Waals surface area contributed by atoms with Crippen LogP contribution >= 0.6 is 0 Å². The summed E-state index contributed by atoms with van der Waals surface area (Å²) in [6.45, 7) is 4.82. The van der Waals surface area contributed by atoms with Crippen molar-refractivity contribution in [2.45, 2.75) is 58.8 Å². The Labute approximate surface area is 229 Å². The topological polar surface area (TPSA) is 75.4 Å². The SMILES string of the molecule is CCCCc1nc2ccc(N3CC4CCCCC4C3=O)cc2n1-c1ccc(-c2ccccc2)c(C(=O)O)c1C. The van der Waals surface area contributed by atoms with Crippen molar-refractivity contribution in [2.75, 3.05) is 11.4 Å². The van der Waals surface area contributed by atoms with E-state index in [9.17, 15) is 14.7 Å². The molecule has 6 rings (SSSR count). The summed E-state index contributed by atoms with van der Waals surface area (Å²) in [4.78, 5) is 32.9. The van der Waals surface area contributed by atoms with Crippen molar-refractivity contribution in [1.29, 1.82) is 0 Å². The zero-order chi connectivity index (χ0) is 27.1. The molecule has 1 aliphatic heterocycles. The van der Waals surface area contributed by atoms with Gasteiger partial charge in [0.1, 0.15) is 5.82 Å². The Balaban J connectivity index is 1.51. The number of carbonyl (C=O) groups is 2. The maximum absolute atomic E-state index is 13.4. The van der Waals surface area contributed by atoms with E-state index in [4.69, 9.17) is 4.98 Å². The second-order valence-electron chi connectivity index (χ2n) is 11.0. The third kappa shape index (κ3) is 4.42.